The van der Waals surface area contributed by atoms with Gasteiger partial charge in [-0.25, -0.2) is 8.78 Å². The zero-order chi connectivity index (χ0) is 36.2. The van der Waals surface area contributed by atoms with Gasteiger partial charge in [-0.2, -0.15) is 11.8 Å². The van der Waals surface area contributed by atoms with Gasteiger partial charge in [0.15, 0.2) is 0 Å². The number of ether oxygens (including phenoxy) is 1. The summed E-state index contributed by atoms with van der Waals surface area (Å²) >= 11 is 1.46. The van der Waals surface area contributed by atoms with Crippen LogP contribution in [0.3, 0.4) is 0 Å². The smallest absolute Gasteiger partial charge is 0.253 e. The van der Waals surface area contributed by atoms with Crippen LogP contribution in [-0.4, -0.2) is 88.5 Å². The van der Waals surface area contributed by atoms with E-state index in [1.807, 2.05) is 6.92 Å². The Bertz CT molecular complexity index is 1440. The van der Waals surface area contributed by atoms with Gasteiger partial charge >= 0.3 is 0 Å². The lowest BCUT2D eigenvalue weighted by atomic mass is 9.92. The Kier molecular flexibility index (Phi) is 18.6. The van der Waals surface area contributed by atoms with Gasteiger partial charge in [0.1, 0.15) is 29.9 Å². The van der Waals surface area contributed by atoms with E-state index in [-0.39, 0.29) is 39.2 Å². The number of methoxy groups -OCH3 is 1. The molecule has 0 fully saturated rings. The van der Waals surface area contributed by atoms with Crippen molar-refractivity contribution < 1.29 is 41.0 Å². The third-order valence-electron chi connectivity index (χ3n) is 7.34. The first kappa shape index (κ1) is 40.9. The second kappa shape index (κ2) is 22.3. The number of halogens is 2. The highest BCUT2D eigenvalue weighted by Gasteiger charge is 2.36. The summed E-state index contributed by atoms with van der Waals surface area (Å²) in [4.78, 5) is 57.7. The van der Waals surface area contributed by atoms with Crippen LogP contribution in [0.15, 0.2) is 73.1 Å². The lowest BCUT2D eigenvalue weighted by molar-refractivity contribution is -0.125. The largest absolute Gasteiger partial charge is 0.388 e. The van der Waals surface area contributed by atoms with E-state index in [1.54, 1.807) is 42.5 Å². The molecular formula is C34H46F2N4O8S. The molecule has 0 aliphatic rings. The van der Waals surface area contributed by atoms with Crippen molar-refractivity contribution in [1.29, 1.82) is 0 Å². The van der Waals surface area contributed by atoms with E-state index < -0.39 is 59.7 Å². The quantitative estimate of drug-likeness (QED) is 0.115. The predicted molar refractivity (Wildman–Crippen MR) is 187 cm³/mol. The fourth-order valence-corrected chi connectivity index (χ4v) is 5.91. The molecule has 5 N–H and O–H groups in total. The summed E-state index contributed by atoms with van der Waals surface area (Å²) in [5, 5.41) is 31.1. The number of unbranched alkanes of at least 4 members (excludes halogenated alkanes) is 1. The lowest BCUT2D eigenvalue weighted by Gasteiger charge is -2.33. The van der Waals surface area contributed by atoms with Gasteiger partial charge < -0.3 is 30.9 Å². The topological polar surface area (TPSA) is 184 Å². The number of amides is 3. The molecule has 0 aliphatic heterocycles. The van der Waals surface area contributed by atoms with Crippen molar-refractivity contribution in [3.8, 4) is 0 Å². The fourth-order valence-electron chi connectivity index (χ4n) is 4.78. The number of pyridine rings is 1. The molecule has 1 aromatic heterocycles. The average molecular weight is 709 g/mol. The van der Waals surface area contributed by atoms with Gasteiger partial charge in [-0.3, -0.25) is 19.4 Å². The molecule has 270 valence electrons. The van der Waals surface area contributed by atoms with Crippen molar-refractivity contribution in [2.45, 2.75) is 62.9 Å². The Morgan fingerprint density at radius 1 is 0.898 bits per heavy atom. The monoisotopic (exact) mass is 708 g/mol. The van der Waals surface area contributed by atoms with Crippen molar-refractivity contribution in [1.82, 2.24) is 20.9 Å². The minimum atomic E-state index is -1.73. The van der Waals surface area contributed by atoms with Gasteiger partial charge in [-0.15, -0.1) is 0 Å². The number of nitrogens with one attached hydrogen (secondary N) is 3. The fraction of sp³-hybridized carbons (Fsp3) is 0.412. The van der Waals surface area contributed by atoms with Gasteiger partial charge in [-0.05, 0) is 67.0 Å². The second-order valence-electron chi connectivity index (χ2n) is 11.0. The van der Waals surface area contributed by atoms with Gasteiger partial charge in [0, 0.05) is 56.3 Å². The molecule has 0 saturated carbocycles. The molecule has 0 saturated heterocycles. The summed E-state index contributed by atoms with van der Waals surface area (Å²) in [6.07, 6.45) is 1.14. The van der Waals surface area contributed by atoms with Crippen LogP contribution in [0.4, 0.5) is 8.78 Å². The van der Waals surface area contributed by atoms with E-state index in [2.05, 4.69) is 20.9 Å². The van der Waals surface area contributed by atoms with Crippen molar-refractivity contribution in [2.75, 3.05) is 25.2 Å². The summed E-state index contributed by atoms with van der Waals surface area (Å²) in [5.74, 6) is -2.51. The SMILES string of the molecule is CCCCSC[C@@H](NC(=O)c1cccnc1)C(=O)N[C@@H](Cc1cc(F)cc(F)c1)[C@@H](O)[C@H](O)[C@@H](CCOC)NC(=O)c1ccccc1.O=O.[HH].[HH]. The molecule has 0 spiro atoms. The summed E-state index contributed by atoms with van der Waals surface area (Å²) in [7, 11) is 1.44. The molecular weight excluding hydrogens is 662 g/mol. The third-order valence-corrected chi connectivity index (χ3v) is 8.48. The minimum absolute atomic E-state index is 0. The standard InChI is InChI=1S/C34H42F2N4O6S.O2.2H2/c1-3-4-15-47-21-29(40-33(44)24-11-8-13-37-20-24)34(45)39-28(18-22-16-25(35)19-26(36)17-22)31(42)30(41)27(12-14-46-2)38-32(43)23-9-6-5-7-10-23;1-2;;/h5-11,13,16-17,19-20,27-31,41-42H,3-4,12,14-15,18,21H2,1-2H3,(H,38,43)(H,39,45)(H,40,44);;2*1H/t27-,28+,29-,30-,31-;;;/m1.../s1. The number of carbonyl (C=O) groups is 3. The second-order valence-corrected chi connectivity index (χ2v) is 12.2. The summed E-state index contributed by atoms with van der Waals surface area (Å²) in [6, 6.07) is 10.8. The molecule has 0 bridgehead atoms. The zero-order valence-electron chi connectivity index (χ0n) is 27.2. The van der Waals surface area contributed by atoms with Crippen molar-refractivity contribution in [3.05, 3.63) is 111 Å². The maximum absolute atomic E-state index is 14.2. The number of aliphatic hydroxyl groups excluding tert-OH is 2. The zero-order valence-corrected chi connectivity index (χ0v) is 28.0. The summed E-state index contributed by atoms with van der Waals surface area (Å²) < 4.78 is 33.5. The molecule has 49 heavy (non-hydrogen) atoms. The summed E-state index contributed by atoms with van der Waals surface area (Å²) in [5.41, 5.74) is 0.666. The van der Waals surface area contributed by atoms with Crippen LogP contribution in [0.1, 0.15) is 55.3 Å². The van der Waals surface area contributed by atoms with Crippen LogP contribution in [-0.2, 0) is 16.0 Å². The number of aliphatic hydroxyl groups is 2. The predicted octanol–water partition coefficient (Wildman–Crippen LogP) is 3.83. The highest BCUT2D eigenvalue weighted by molar-refractivity contribution is 7.99. The molecule has 0 unspecified atom stereocenters. The Morgan fingerprint density at radius 3 is 2.14 bits per heavy atom. The molecule has 0 aliphatic carbocycles. The van der Waals surface area contributed by atoms with Crippen LogP contribution in [0.2, 0.25) is 0 Å². The Balaban J connectivity index is 0.00000614. The summed E-state index contributed by atoms with van der Waals surface area (Å²) in [6.45, 7) is 2.15. The molecule has 2 aromatic carbocycles. The lowest BCUT2D eigenvalue weighted by Crippen LogP contribution is -2.59. The van der Waals surface area contributed by atoms with E-state index in [4.69, 9.17) is 14.7 Å². The maximum atomic E-state index is 14.2. The molecule has 5 atom stereocenters. The molecule has 0 radical (unpaired) electrons. The van der Waals surface area contributed by atoms with Gasteiger partial charge in [0.05, 0.1) is 17.6 Å². The number of benzene rings is 2. The van der Waals surface area contributed by atoms with Crippen LogP contribution in [0.5, 0.6) is 0 Å². The molecule has 1 heterocycles. The number of nitrogens with zero attached hydrogens (tertiary/aromatic N) is 1. The van der Waals surface area contributed by atoms with Crippen molar-refractivity contribution in [2.24, 2.45) is 0 Å². The van der Waals surface area contributed by atoms with E-state index >= 15 is 0 Å². The first-order valence-corrected chi connectivity index (χ1v) is 16.7. The Morgan fingerprint density at radius 2 is 1.53 bits per heavy atom. The van der Waals surface area contributed by atoms with Crippen LogP contribution in [0.25, 0.3) is 0 Å². The molecule has 15 heteroatoms. The number of thioether (sulfide) groups is 1. The van der Waals surface area contributed by atoms with Gasteiger partial charge in [0.2, 0.25) is 5.91 Å². The van der Waals surface area contributed by atoms with Crippen molar-refractivity contribution in [3.63, 3.8) is 0 Å². The Hall–Kier alpha value is -4.31. The van der Waals surface area contributed by atoms with Crippen molar-refractivity contribution >= 4 is 29.5 Å². The third kappa shape index (κ3) is 14.0. The first-order valence-electron chi connectivity index (χ1n) is 15.5. The normalized spacial score (nSPS) is 13.8. The molecule has 12 nitrogen and oxygen atoms in total. The molecule has 3 rings (SSSR count). The van der Waals surface area contributed by atoms with E-state index in [1.165, 1.54) is 31.3 Å². The Labute approximate surface area is 290 Å². The van der Waals surface area contributed by atoms with Gasteiger partial charge in [-0.1, -0.05) is 31.5 Å². The number of carbonyl (C=O) groups excluding carboxylic acids is 3. The van der Waals surface area contributed by atoms with Crippen LogP contribution >= 0.6 is 11.8 Å². The van der Waals surface area contributed by atoms with E-state index in [0.29, 0.717) is 11.6 Å². The average Bonchev–Trinajstić information content (AvgIpc) is 3.11. The number of hydrogen-bond donors (Lipinski definition) is 5. The first-order chi connectivity index (χ1) is 23.6. The molecule has 3 aromatic rings. The highest BCUT2D eigenvalue weighted by atomic mass is 32.2. The van der Waals surface area contributed by atoms with Crippen LogP contribution in [0, 0.1) is 21.6 Å². The number of rotatable bonds is 19. The molecule has 3 amide bonds. The van der Waals surface area contributed by atoms with E-state index in [9.17, 15) is 33.4 Å². The van der Waals surface area contributed by atoms with Crippen LogP contribution < -0.4 is 16.0 Å². The highest BCUT2D eigenvalue weighted by Crippen LogP contribution is 2.17. The maximum Gasteiger partial charge on any atom is 0.253 e. The number of hydrogen-bond acceptors (Lipinski definition) is 10. The number of aromatic nitrogens is 1. The minimum Gasteiger partial charge on any atom is -0.388 e. The van der Waals surface area contributed by atoms with E-state index in [0.717, 1.165) is 30.7 Å². The van der Waals surface area contributed by atoms with Gasteiger partial charge in [0.25, 0.3) is 11.8 Å².